The standard InChI is InChI=1S/C9H12BrNO.C7H8BrN.C2H5BrO/c1-7-3-2-4-8(9(7)10)11-5-6-12;1-5-3-2-4-6(9)7(5)8;3-1-2-4/h2-4,11-12H,5-6H2,1H3;2-4H,9H2,1H3;4H,1-2H2. The summed E-state index contributed by atoms with van der Waals surface area (Å²) < 4.78 is 2.07. The highest BCUT2D eigenvalue weighted by atomic mass is 79.9. The second kappa shape index (κ2) is 14.6. The van der Waals surface area contributed by atoms with Crippen LogP contribution in [0.5, 0.6) is 0 Å². The minimum Gasteiger partial charge on any atom is -0.398 e. The van der Waals surface area contributed by atoms with E-state index in [9.17, 15) is 0 Å². The lowest BCUT2D eigenvalue weighted by molar-refractivity contribution is 0.311. The molecular formula is C18H25Br3N2O2. The fourth-order valence-corrected chi connectivity index (χ4v) is 2.31. The van der Waals surface area contributed by atoms with Gasteiger partial charge >= 0.3 is 0 Å². The van der Waals surface area contributed by atoms with E-state index in [1.54, 1.807) is 0 Å². The van der Waals surface area contributed by atoms with Gasteiger partial charge in [0, 0.05) is 32.2 Å². The number of nitrogen functional groups attached to an aromatic ring is 1. The number of anilines is 2. The van der Waals surface area contributed by atoms with Crippen molar-refractivity contribution in [2.24, 2.45) is 0 Å². The SMILES string of the molecule is Cc1cccc(N)c1Br.Cc1cccc(NCCO)c1Br.OCCBr. The zero-order valence-electron chi connectivity index (χ0n) is 14.4. The van der Waals surface area contributed by atoms with Gasteiger partial charge in [0.15, 0.2) is 0 Å². The molecule has 5 N–H and O–H groups in total. The Hall–Kier alpha value is -0.600. The average Bonchev–Trinajstić information content (AvgIpc) is 2.61. The number of benzene rings is 2. The molecule has 0 amide bonds. The zero-order valence-corrected chi connectivity index (χ0v) is 19.2. The summed E-state index contributed by atoms with van der Waals surface area (Å²) in [5.74, 6) is 0. The van der Waals surface area contributed by atoms with E-state index in [2.05, 4.69) is 53.1 Å². The number of hydrogen-bond acceptors (Lipinski definition) is 4. The van der Waals surface area contributed by atoms with Crippen LogP contribution >= 0.6 is 47.8 Å². The molecule has 0 heterocycles. The maximum Gasteiger partial charge on any atom is 0.0604 e. The van der Waals surface area contributed by atoms with Crippen molar-refractivity contribution in [3.63, 3.8) is 0 Å². The molecule has 0 saturated heterocycles. The van der Waals surface area contributed by atoms with Crippen LogP contribution in [0.2, 0.25) is 0 Å². The molecule has 0 aliphatic heterocycles. The Kier molecular flexibility index (Phi) is 14.2. The third-order valence-electron chi connectivity index (χ3n) is 2.93. The second-order valence-corrected chi connectivity index (χ2v) is 7.36. The molecule has 0 spiro atoms. The number of nitrogens with two attached hydrogens (primary N) is 1. The van der Waals surface area contributed by atoms with Gasteiger partial charge in [0.05, 0.1) is 13.2 Å². The minimum atomic E-state index is 0.153. The van der Waals surface area contributed by atoms with Gasteiger partial charge < -0.3 is 21.3 Å². The molecule has 2 aromatic rings. The summed E-state index contributed by atoms with van der Waals surface area (Å²) in [5.41, 5.74) is 9.77. The normalized spacial score (nSPS) is 9.40. The van der Waals surface area contributed by atoms with Gasteiger partial charge in [-0.15, -0.1) is 0 Å². The van der Waals surface area contributed by atoms with E-state index in [0.29, 0.717) is 11.9 Å². The first-order valence-corrected chi connectivity index (χ1v) is 10.4. The summed E-state index contributed by atoms with van der Waals surface area (Å²) in [5, 5.41) is 20.2. The highest BCUT2D eigenvalue weighted by Gasteiger charge is 1.99. The predicted molar refractivity (Wildman–Crippen MR) is 119 cm³/mol. The molecule has 0 saturated carbocycles. The number of aliphatic hydroxyl groups excluding tert-OH is 2. The lowest BCUT2D eigenvalue weighted by Gasteiger charge is -2.08. The first-order valence-electron chi connectivity index (χ1n) is 7.66. The summed E-state index contributed by atoms with van der Waals surface area (Å²) in [6, 6.07) is 11.8. The van der Waals surface area contributed by atoms with Crippen LogP contribution in [0.15, 0.2) is 45.3 Å². The molecule has 0 aliphatic carbocycles. The molecule has 0 unspecified atom stereocenters. The molecule has 0 aromatic heterocycles. The van der Waals surface area contributed by atoms with Crippen LogP contribution in [0.1, 0.15) is 11.1 Å². The van der Waals surface area contributed by atoms with E-state index >= 15 is 0 Å². The molecule has 140 valence electrons. The van der Waals surface area contributed by atoms with Gasteiger partial charge in [-0.05, 0) is 69.0 Å². The molecule has 0 fully saturated rings. The quantitative estimate of drug-likeness (QED) is 0.329. The van der Waals surface area contributed by atoms with E-state index in [1.165, 1.54) is 11.1 Å². The van der Waals surface area contributed by atoms with Crippen molar-refractivity contribution in [2.75, 3.05) is 36.1 Å². The minimum absolute atomic E-state index is 0.153. The van der Waals surface area contributed by atoms with Gasteiger partial charge in [-0.25, -0.2) is 0 Å². The van der Waals surface area contributed by atoms with Gasteiger partial charge in [-0.1, -0.05) is 40.2 Å². The number of aliphatic hydroxyl groups is 2. The monoisotopic (exact) mass is 538 g/mol. The fourth-order valence-electron chi connectivity index (χ4n) is 1.64. The first-order chi connectivity index (χ1) is 11.9. The van der Waals surface area contributed by atoms with Crippen molar-refractivity contribution >= 4 is 59.2 Å². The molecule has 4 nitrogen and oxygen atoms in total. The Balaban J connectivity index is 0.000000391. The first kappa shape index (κ1) is 24.4. The average molecular weight is 541 g/mol. The van der Waals surface area contributed by atoms with Gasteiger partial charge in [0.1, 0.15) is 0 Å². The maximum absolute atomic E-state index is 8.61. The van der Waals surface area contributed by atoms with Crippen LogP contribution in [-0.2, 0) is 0 Å². The van der Waals surface area contributed by atoms with E-state index < -0.39 is 0 Å². The molecule has 0 aliphatic rings. The number of alkyl halides is 1. The largest absolute Gasteiger partial charge is 0.398 e. The smallest absolute Gasteiger partial charge is 0.0604 e. The molecule has 7 heteroatoms. The van der Waals surface area contributed by atoms with E-state index in [-0.39, 0.29) is 13.2 Å². The number of rotatable bonds is 4. The Morgan fingerprint density at radius 3 is 1.88 bits per heavy atom. The zero-order chi connectivity index (χ0) is 19.2. The van der Waals surface area contributed by atoms with Crippen molar-refractivity contribution in [3.05, 3.63) is 56.5 Å². The van der Waals surface area contributed by atoms with Gasteiger partial charge in [0.25, 0.3) is 0 Å². The lowest BCUT2D eigenvalue weighted by Crippen LogP contribution is -2.05. The molecule has 0 atom stereocenters. The van der Waals surface area contributed by atoms with Gasteiger partial charge in [-0.2, -0.15) is 0 Å². The molecule has 2 aromatic carbocycles. The number of nitrogens with one attached hydrogen (secondary N) is 1. The lowest BCUT2D eigenvalue weighted by atomic mass is 10.2. The number of aryl methyl sites for hydroxylation is 2. The predicted octanol–water partition coefficient (Wildman–Crippen LogP) is 4.88. The van der Waals surface area contributed by atoms with Crippen LogP contribution < -0.4 is 11.1 Å². The van der Waals surface area contributed by atoms with Crippen LogP contribution in [0.25, 0.3) is 0 Å². The second-order valence-electron chi connectivity index (χ2n) is 4.98. The van der Waals surface area contributed by atoms with Crippen molar-refractivity contribution in [2.45, 2.75) is 13.8 Å². The number of hydrogen-bond donors (Lipinski definition) is 4. The molecular weight excluding hydrogens is 516 g/mol. The Bertz CT molecular complexity index is 603. The Morgan fingerprint density at radius 1 is 0.920 bits per heavy atom. The van der Waals surface area contributed by atoms with Crippen molar-refractivity contribution in [1.29, 1.82) is 0 Å². The van der Waals surface area contributed by atoms with Crippen LogP contribution in [0.4, 0.5) is 11.4 Å². The van der Waals surface area contributed by atoms with Crippen molar-refractivity contribution < 1.29 is 10.2 Å². The van der Waals surface area contributed by atoms with E-state index in [4.69, 9.17) is 15.9 Å². The summed E-state index contributed by atoms with van der Waals surface area (Å²) in [6.45, 7) is 5.02. The van der Waals surface area contributed by atoms with Crippen molar-refractivity contribution in [3.8, 4) is 0 Å². The van der Waals surface area contributed by atoms with Gasteiger partial charge in [-0.3, -0.25) is 0 Å². The molecule has 0 radical (unpaired) electrons. The summed E-state index contributed by atoms with van der Waals surface area (Å²) >= 11 is 9.82. The molecule has 25 heavy (non-hydrogen) atoms. The van der Waals surface area contributed by atoms with Gasteiger partial charge in [0.2, 0.25) is 0 Å². The number of halogens is 3. The molecule has 0 bridgehead atoms. The topological polar surface area (TPSA) is 78.5 Å². The maximum atomic E-state index is 8.61. The summed E-state index contributed by atoms with van der Waals surface area (Å²) in [6.07, 6.45) is 0. The van der Waals surface area contributed by atoms with Crippen LogP contribution in [0, 0.1) is 13.8 Å². The van der Waals surface area contributed by atoms with E-state index in [1.807, 2.05) is 50.2 Å². The highest BCUT2D eigenvalue weighted by Crippen LogP contribution is 2.25. The summed E-state index contributed by atoms with van der Waals surface area (Å²) in [4.78, 5) is 0. The van der Waals surface area contributed by atoms with Crippen molar-refractivity contribution in [1.82, 2.24) is 0 Å². The Labute approximate surface area is 175 Å². The van der Waals surface area contributed by atoms with E-state index in [0.717, 1.165) is 20.3 Å². The summed E-state index contributed by atoms with van der Waals surface area (Å²) in [7, 11) is 0. The molecule has 2 rings (SSSR count). The fraction of sp³-hybridized carbons (Fsp3) is 0.333. The third-order valence-corrected chi connectivity index (χ3v) is 5.42. The third kappa shape index (κ3) is 10.2. The highest BCUT2D eigenvalue weighted by molar-refractivity contribution is 9.11. The Morgan fingerprint density at radius 2 is 1.44 bits per heavy atom. The van der Waals surface area contributed by atoms with Crippen LogP contribution in [-0.4, -0.2) is 35.3 Å². The van der Waals surface area contributed by atoms with Crippen LogP contribution in [0.3, 0.4) is 0 Å².